The highest BCUT2D eigenvalue weighted by molar-refractivity contribution is 6.08. The largest absolute Gasteiger partial charge is 0.289 e. The average molecular weight is 269 g/mol. The van der Waals surface area contributed by atoms with Crippen molar-refractivity contribution in [1.82, 2.24) is 0 Å². The maximum atomic E-state index is 12.2. The first-order valence-electron chi connectivity index (χ1n) is 6.27. The van der Waals surface area contributed by atoms with Crippen molar-refractivity contribution in [3.05, 3.63) is 81.4 Å². The van der Waals surface area contributed by atoms with Crippen LogP contribution in [0.2, 0.25) is 0 Å². The van der Waals surface area contributed by atoms with Crippen molar-refractivity contribution in [3.63, 3.8) is 0 Å². The normalized spacial score (nSPS) is 11.1. The Balaban J connectivity index is 2.30. The van der Waals surface area contributed by atoms with Crippen molar-refractivity contribution in [2.45, 2.75) is 19.4 Å². The molecular formula is C16H15NO3. The second kappa shape index (κ2) is 5.25. The van der Waals surface area contributed by atoms with Gasteiger partial charge in [0.2, 0.25) is 5.54 Å². The van der Waals surface area contributed by atoms with Crippen molar-refractivity contribution in [2.75, 3.05) is 0 Å². The van der Waals surface area contributed by atoms with Gasteiger partial charge < -0.3 is 0 Å². The molecule has 0 heterocycles. The maximum absolute atomic E-state index is 12.2. The summed E-state index contributed by atoms with van der Waals surface area (Å²) in [6, 6.07) is 15.5. The number of benzene rings is 2. The lowest BCUT2D eigenvalue weighted by Gasteiger charge is -2.16. The minimum atomic E-state index is -1.16. The van der Waals surface area contributed by atoms with Crippen LogP contribution in [-0.2, 0) is 5.54 Å². The first kappa shape index (κ1) is 13.9. The molecule has 0 unspecified atom stereocenters. The minimum Gasteiger partial charge on any atom is -0.289 e. The van der Waals surface area contributed by atoms with E-state index in [4.69, 9.17) is 0 Å². The Morgan fingerprint density at radius 3 is 1.95 bits per heavy atom. The highest BCUT2D eigenvalue weighted by atomic mass is 16.6. The van der Waals surface area contributed by atoms with E-state index in [1.54, 1.807) is 62.4 Å². The van der Waals surface area contributed by atoms with Gasteiger partial charge in [-0.15, -0.1) is 0 Å². The third kappa shape index (κ3) is 2.59. The Morgan fingerprint density at radius 1 is 0.950 bits per heavy atom. The predicted molar refractivity (Wildman–Crippen MR) is 76.3 cm³/mol. The zero-order valence-electron chi connectivity index (χ0n) is 11.4. The molecule has 2 aromatic rings. The predicted octanol–water partition coefficient (Wildman–Crippen LogP) is 3.43. The van der Waals surface area contributed by atoms with Crippen LogP contribution in [-0.4, -0.2) is 10.7 Å². The van der Waals surface area contributed by atoms with E-state index >= 15 is 0 Å². The molecule has 0 saturated carbocycles. The fraction of sp³-hybridized carbons (Fsp3) is 0.188. The number of carbonyl (C=O) groups excluding carboxylic acids is 1. The van der Waals surface area contributed by atoms with E-state index in [0.717, 1.165) is 0 Å². The Hall–Kier alpha value is -2.49. The molecule has 4 nitrogen and oxygen atoms in total. The third-order valence-corrected chi connectivity index (χ3v) is 3.35. The van der Waals surface area contributed by atoms with Crippen molar-refractivity contribution >= 4 is 5.78 Å². The SMILES string of the molecule is CC(C)(c1ccc(C(=O)c2ccccc2)cc1)[N+](=O)[O-]. The van der Waals surface area contributed by atoms with E-state index in [2.05, 4.69) is 0 Å². The van der Waals surface area contributed by atoms with Gasteiger partial charge >= 0.3 is 0 Å². The van der Waals surface area contributed by atoms with Crippen molar-refractivity contribution in [2.24, 2.45) is 0 Å². The van der Waals surface area contributed by atoms with Crippen LogP contribution in [0.1, 0.15) is 35.3 Å². The Bertz CT molecular complexity index is 631. The van der Waals surface area contributed by atoms with Crippen molar-refractivity contribution < 1.29 is 9.72 Å². The summed E-state index contributed by atoms with van der Waals surface area (Å²) in [7, 11) is 0. The molecule has 0 aliphatic heterocycles. The van der Waals surface area contributed by atoms with Crippen LogP contribution in [0.15, 0.2) is 54.6 Å². The Morgan fingerprint density at radius 2 is 1.45 bits per heavy atom. The monoisotopic (exact) mass is 269 g/mol. The summed E-state index contributed by atoms with van der Waals surface area (Å²) in [6.45, 7) is 3.09. The van der Waals surface area contributed by atoms with E-state index in [1.807, 2.05) is 6.07 Å². The number of hydrogen-bond acceptors (Lipinski definition) is 3. The summed E-state index contributed by atoms with van der Waals surface area (Å²) in [5.41, 5.74) is 0.550. The van der Waals surface area contributed by atoms with Crippen LogP contribution < -0.4 is 0 Å². The summed E-state index contributed by atoms with van der Waals surface area (Å²) in [5, 5.41) is 11.0. The molecule has 0 aliphatic carbocycles. The van der Waals surface area contributed by atoms with Gasteiger partial charge in [0.15, 0.2) is 5.78 Å². The zero-order chi connectivity index (χ0) is 14.8. The van der Waals surface area contributed by atoms with E-state index < -0.39 is 5.54 Å². The topological polar surface area (TPSA) is 60.2 Å². The highest BCUT2D eigenvalue weighted by Crippen LogP contribution is 2.24. The average Bonchev–Trinajstić information content (AvgIpc) is 2.47. The molecule has 0 fully saturated rings. The van der Waals surface area contributed by atoms with Gasteiger partial charge in [-0.25, -0.2) is 0 Å². The summed E-state index contributed by atoms with van der Waals surface area (Å²) < 4.78 is 0. The molecule has 0 amide bonds. The number of ketones is 1. The first-order chi connectivity index (χ1) is 9.43. The zero-order valence-corrected chi connectivity index (χ0v) is 11.4. The summed E-state index contributed by atoms with van der Waals surface area (Å²) in [5.74, 6) is -0.0870. The maximum Gasteiger partial charge on any atom is 0.241 e. The summed E-state index contributed by atoms with van der Waals surface area (Å²) in [4.78, 5) is 22.9. The van der Waals surface area contributed by atoms with Gasteiger partial charge in [0.25, 0.3) is 0 Å². The molecule has 0 spiro atoms. The number of nitrogens with zero attached hydrogens (tertiary/aromatic N) is 1. The van der Waals surface area contributed by atoms with E-state index in [0.29, 0.717) is 16.7 Å². The molecule has 0 saturated heterocycles. The summed E-state index contributed by atoms with van der Waals surface area (Å²) in [6.07, 6.45) is 0. The number of carbonyl (C=O) groups is 1. The van der Waals surface area contributed by atoms with Crippen LogP contribution >= 0.6 is 0 Å². The Kier molecular flexibility index (Phi) is 3.66. The highest BCUT2D eigenvalue weighted by Gasteiger charge is 2.32. The number of nitro groups is 1. The molecule has 0 aromatic heterocycles. The number of rotatable bonds is 4. The first-order valence-corrected chi connectivity index (χ1v) is 6.27. The van der Waals surface area contributed by atoms with Crippen LogP contribution in [0.25, 0.3) is 0 Å². The minimum absolute atomic E-state index is 0.0870. The van der Waals surface area contributed by atoms with Gasteiger partial charge in [-0.3, -0.25) is 14.9 Å². The van der Waals surface area contributed by atoms with Crippen molar-refractivity contribution in [1.29, 1.82) is 0 Å². The number of hydrogen-bond donors (Lipinski definition) is 0. The van der Waals surface area contributed by atoms with Crippen molar-refractivity contribution in [3.8, 4) is 0 Å². The van der Waals surface area contributed by atoms with E-state index in [1.165, 1.54) is 0 Å². The molecule has 20 heavy (non-hydrogen) atoms. The van der Waals surface area contributed by atoms with E-state index in [9.17, 15) is 14.9 Å². The molecule has 0 bridgehead atoms. The summed E-state index contributed by atoms with van der Waals surface area (Å²) >= 11 is 0. The van der Waals surface area contributed by atoms with Gasteiger partial charge in [0.05, 0.1) is 0 Å². The molecular weight excluding hydrogens is 254 g/mol. The lowest BCUT2D eigenvalue weighted by Crippen LogP contribution is -2.27. The smallest absolute Gasteiger partial charge is 0.241 e. The molecule has 0 N–H and O–H groups in total. The van der Waals surface area contributed by atoms with Crippen LogP contribution in [0.5, 0.6) is 0 Å². The molecule has 102 valence electrons. The molecule has 4 heteroatoms. The van der Waals surface area contributed by atoms with Crippen LogP contribution in [0, 0.1) is 10.1 Å². The molecule has 0 aliphatic rings. The quantitative estimate of drug-likeness (QED) is 0.485. The third-order valence-electron chi connectivity index (χ3n) is 3.35. The standard InChI is InChI=1S/C16H15NO3/c1-16(2,17(19)20)14-10-8-13(9-11-14)15(18)12-6-4-3-5-7-12/h3-11H,1-2H3. The van der Waals surface area contributed by atoms with Gasteiger partial charge in [-0.2, -0.15) is 0 Å². The lowest BCUT2D eigenvalue weighted by atomic mass is 9.93. The van der Waals surface area contributed by atoms with Crippen LogP contribution in [0.4, 0.5) is 0 Å². The van der Waals surface area contributed by atoms with Crippen LogP contribution in [0.3, 0.4) is 0 Å². The second-order valence-corrected chi connectivity index (χ2v) is 5.09. The Labute approximate surface area is 117 Å². The van der Waals surface area contributed by atoms with E-state index in [-0.39, 0.29) is 10.7 Å². The molecule has 2 aromatic carbocycles. The molecule has 2 rings (SSSR count). The fourth-order valence-corrected chi connectivity index (χ4v) is 1.89. The van der Waals surface area contributed by atoms with Gasteiger partial charge in [-0.1, -0.05) is 54.6 Å². The van der Waals surface area contributed by atoms with Gasteiger partial charge in [-0.05, 0) is 0 Å². The second-order valence-electron chi connectivity index (χ2n) is 5.09. The molecule has 0 atom stereocenters. The van der Waals surface area contributed by atoms with Gasteiger partial charge in [0, 0.05) is 35.5 Å². The molecule has 0 radical (unpaired) electrons. The lowest BCUT2D eigenvalue weighted by molar-refractivity contribution is -0.569. The fourth-order valence-electron chi connectivity index (χ4n) is 1.89. The van der Waals surface area contributed by atoms with Gasteiger partial charge in [0.1, 0.15) is 0 Å².